The predicted octanol–water partition coefficient (Wildman–Crippen LogP) is 0.484. The van der Waals surface area contributed by atoms with E-state index in [-0.39, 0.29) is 17.7 Å². The number of nitrogens with one attached hydrogen (secondary N) is 1. The van der Waals surface area contributed by atoms with Gasteiger partial charge in [-0.05, 0) is 12.1 Å². The molecule has 1 aliphatic rings. The zero-order valence-corrected chi connectivity index (χ0v) is 9.11. The Hall–Kier alpha value is -1.24. The molecule has 2 rings (SSSR count). The molecule has 86 valence electrons. The van der Waals surface area contributed by atoms with Crippen molar-refractivity contribution in [2.24, 2.45) is 0 Å². The average molecular weight is 244 g/mol. The van der Waals surface area contributed by atoms with Gasteiger partial charge in [-0.25, -0.2) is 0 Å². The number of amides is 1. The van der Waals surface area contributed by atoms with Crippen molar-refractivity contribution in [1.29, 1.82) is 0 Å². The van der Waals surface area contributed by atoms with Gasteiger partial charge in [-0.2, -0.15) is 0 Å². The summed E-state index contributed by atoms with van der Waals surface area (Å²) >= 11 is 5.57. The first-order valence-corrected chi connectivity index (χ1v) is 5.13. The van der Waals surface area contributed by atoms with Crippen LogP contribution in [0.1, 0.15) is 0 Å². The fourth-order valence-electron chi connectivity index (χ4n) is 1.23. The van der Waals surface area contributed by atoms with Crippen LogP contribution in [-0.4, -0.2) is 42.0 Å². The minimum absolute atomic E-state index is 0.257. The number of carbonyl (C=O) groups excluding carboxylic acids is 1. The van der Waals surface area contributed by atoms with Gasteiger partial charge in [0.05, 0.1) is 19.8 Å². The highest BCUT2D eigenvalue weighted by molar-refractivity contribution is 6.29. The van der Waals surface area contributed by atoms with Gasteiger partial charge in [-0.1, -0.05) is 11.6 Å². The number of anilines is 1. The number of carbonyl (C=O) groups is 1. The van der Waals surface area contributed by atoms with E-state index < -0.39 is 6.10 Å². The van der Waals surface area contributed by atoms with Crippen molar-refractivity contribution in [2.45, 2.75) is 6.10 Å². The molecule has 0 aliphatic carbocycles. The third-order valence-corrected chi connectivity index (χ3v) is 2.19. The lowest BCUT2D eigenvalue weighted by atomic mass is 10.3. The van der Waals surface area contributed by atoms with Gasteiger partial charge in [0.1, 0.15) is 0 Å². The molecule has 1 N–H and O–H groups in total. The molecule has 1 unspecified atom stereocenters. The van der Waals surface area contributed by atoms with E-state index in [4.69, 9.17) is 21.1 Å². The second-order valence-electron chi connectivity index (χ2n) is 3.16. The molecular formula is C9H10ClN3O3. The van der Waals surface area contributed by atoms with Crippen molar-refractivity contribution in [2.75, 3.05) is 25.1 Å². The van der Waals surface area contributed by atoms with Crippen LogP contribution in [-0.2, 0) is 14.3 Å². The van der Waals surface area contributed by atoms with E-state index in [9.17, 15) is 4.79 Å². The lowest BCUT2D eigenvalue weighted by molar-refractivity contribution is -0.142. The first-order valence-electron chi connectivity index (χ1n) is 4.75. The summed E-state index contributed by atoms with van der Waals surface area (Å²) in [4.78, 5) is 11.6. The van der Waals surface area contributed by atoms with Gasteiger partial charge in [-0.3, -0.25) is 4.79 Å². The summed E-state index contributed by atoms with van der Waals surface area (Å²) in [5.74, 6) is 0.0416. The van der Waals surface area contributed by atoms with Crippen LogP contribution in [0.5, 0.6) is 0 Å². The van der Waals surface area contributed by atoms with Gasteiger partial charge < -0.3 is 14.8 Å². The van der Waals surface area contributed by atoms with E-state index in [2.05, 4.69) is 15.5 Å². The van der Waals surface area contributed by atoms with E-state index in [0.717, 1.165) is 0 Å². The quantitative estimate of drug-likeness (QED) is 0.818. The van der Waals surface area contributed by atoms with Crippen molar-refractivity contribution < 1.29 is 14.3 Å². The number of hydrogen-bond acceptors (Lipinski definition) is 5. The molecule has 1 saturated heterocycles. The second-order valence-corrected chi connectivity index (χ2v) is 3.55. The molecule has 0 spiro atoms. The summed E-state index contributed by atoms with van der Waals surface area (Å²) in [6.07, 6.45) is -0.591. The smallest absolute Gasteiger partial charge is 0.257 e. The normalized spacial score (nSPS) is 20.4. The minimum atomic E-state index is -0.591. The number of rotatable bonds is 2. The molecule has 1 aromatic rings. The largest absolute Gasteiger partial charge is 0.376 e. The number of ether oxygens (including phenoxy) is 2. The summed E-state index contributed by atoms with van der Waals surface area (Å²) in [5, 5.41) is 10.1. The van der Waals surface area contributed by atoms with E-state index in [1.54, 1.807) is 12.1 Å². The van der Waals surface area contributed by atoms with Crippen LogP contribution < -0.4 is 5.32 Å². The van der Waals surface area contributed by atoms with Crippen LogP contribution in [0.3, 0.4) is 0 Å². The fourth-order valence-corrected chi connectivity index (χ4v) is 1.33. The zero-order chi connectivity index (χ0) is 11.4. The van der Waals surface area contributed by atoms with E-state index in [1.165, 1.54) is 0 Å². The SMILES string of the molecule is O=C(Nc1ccc(Cl)nn1)C1COCCO1. The molecule has 7 heteroatoms. The van der Waals surface area contributed by atoms with E-state index >= 15 is 0 Å². The summed E-state index contributed by atoms with van der Waals surface area (Å²) in [7, 11) is 0. The first kappa shape index (κ1) is 11.3. The zero-order valence-electron chi connectivity index (χ0n) is 8.35. The average Bonchev–Trinajstić information content (AvgIpc) is 2.33. The molecule has 1 fully saturated rings. The summed E-state index contributed by atoms with van der Waals surface area (Å²) < 4.78 is 10.3. The Morgan fingerprint density at radius 2 is 2.31 bits per heavy atom. The molecule has 0 bridgehead atoms. The van der Waals surface area contributed by atoms with Crippen molar-refractivity contribution >= 4 is 23.3 Å². The van der Waals surface area contributed by atoms with Gasteiger partial charge in [0.15, 0.2) is 17.1 Å². The Labute approximate surface area is 96.9 Å². The first-order chi connectivity index (χ1) is 7.75. The number of halogens is 1. The summed E-state index contributed by atoms with van der Waals surface area (Å²) in [6, 6.07) is 3.11. The molecule has 2 heterocycles. The molecule has 1 amide bonds. The molecule has 1 aromatic heterocycles. The van der Waals surface area contributed by atoms with Crippen LogP contribution >= 0.6 is 11.6 Å². The highest BCUT2D eigenvalue weighted by Gasteiger charge is 2.22. The van der Waals surface area contributed by atoms with E-state index in [1.807, 2.05) is 0 Å². The number of hydrogen-bond donors (Lipinski definition) is 1. The van der Waals surface area contributed by atoms with Crippen LogP contribution in [0, 0.1) is 0 Å². The Morgan fingerprint density at radius 3 is 2.94 bits per heavy atom. The molecule has 0 radical (unpaired) electrons. The molecule has 1 atom stereocenters. The van der Waals surface area contributed by atoms with Crippen molar-refractivity contribution in [1.82, 2.24) is 10.2 Å². The molecule has 16 heavy (non-hydrogen) atoms. The predicted molar refractivity (Wildman–Crippen MR) is 56.2 cm³/mol. The van der Waals surface area contributed by atoms with Crippen molar-refractivity contribution in [3.8, 4) is 0 Å². The lowest BCUT2D eigenvalue weighted by Crippen LogP contribution is -2.39. The summed E-state index contributed by atoms with van der Waals surface area (Å²) in [5.41, 5.74) is 0. The second kappa shape index (κ2) is 5.20. The Balaban J connectivity index is 1.93. The number of aromatic nitrogens is 2. The van der Waals surface area contributed by atoms with Crippen LogP contribution in [0.15, 0.2) is 12.1 Å². The Morgan fingerprint density at radius 1 is 1.44 bits per heavy atom. The van der Waals surface area contributed by atoms with Gasteiger partial charge in [0.2, 0.25) is 0 Å². The Kier molecular flexibility index (Phi) is 3.66. The standard InChI is InChI=1S/C9H10ClN3O3/c10-7-1-2-8(13-12-7)11-9(14)6-5-15-3-4-16-6/h1-2,6H,3-5H2,(H,11,13,14). The van der Waals surface area contributed by atoms with Gasteiger partial charge in [-0.15, -0.1) is 10.2 Å². The molecule has 0 aromatic carbocycles. The molecular weight excluding hydrogens is 234 g/mol. The van der Waals surface area contributed by atoms with E-state index in [0.29, 0.717) is 19.0 Å². The Bertz CT molecular complexity index is 365. The third-order valence-electron chi connectivity index (χ3n) is 1.99. The van der Waals surface area contributed by atoms with Crippen LogP contribution in [0.4, 0.5) is 5.82 Å². The van der Waals surface area contributed by atoms with Crippen LogP contribution in [0.25, 0.3) is 0 Å². The highest BCUT2D eigenvalue weighted by Crippen LogP contribution is 2.08. The lowest BCUT2D eigenvalue weighted by Gasteiger charge is -2.21. The van der Waals surface area contributed by atoms with Crippen molar-refractivity contribution in [3.05, 3.63) is 17.3 Å². The third kappa shape index (κ3) is 2.88. The van der Waals surface area contributed by atoms with Crippen molar-refractivity contribution in [3.63, 3.8) is 0 Å². The van der Waals surface area contributed by atoms with Crippen LogP contribution in [0.2, 0.25) is 5.15 Å². The maximum atomic E-state index is 11.6. The highest BCUT2D eigenvalue weighted by atomic mass is 35.5. The fraction of sp³-hybridized carbons (Fsp3) is 0.444. The van der Waals surface area contributed by atoms with Gasteiger partial charge in [0, 0.05) is 0 Å². The minimum Gasteiger partial charge on any atom is -0.376 e. The molecule has 6 nitrogen and oxygen atoms in total. The maximum absolute atomic E-state index is 11.6. The molecule has 1 aliphatic heterocycles. The maximum Gasteiger partial charge on any atom is 0.257 e. The topological polar surface area (TPSA) is 73.3 Å². The molecule has 0 saturated carbocycles. The van der Waals surface area contributed by atoms with Gasteiger partial charge >= 0.3 is 0 Å². The number of nitrogens with zero attached hydrogens (tertiary/aromatic N) is 2. The van der Waals surface area contributed by atoms with Gasteiger partial charge in [0.25, 0.3) is 5.91 Å². The monoisotopic (exact) mass is 243 g/mol. The summed E-state index contributed by atoms with van der Waals surface area (Å²) in [6.45, 7) is 1.20.